The van der Waals surface area contributed by atoms with E-state index in [1.54, 1.807) is 6.07 Å². The highest BCUT2D eigenvalue weighted by molar-refractivity contribution is 6.33. The number of nitro benzene ring substituents is 1. The highest BCUT2D eigenvalue weighted by Gasteiger charge is 2.19. The largest absolute Gasteiger partial charge is 0.504 e. The van der Waals surface area contributed by atoms with Crippen LogP contribution in [-0.4, -0.2) is 35.1 Å². The van der Waals surface area contributed by atoms with Crippen LogP contribution in [0, 0.1) is 10.1 Å². The van der Waals surface area contributed by atoms with Gasteiger partial charge in [-0.1, -0.05) is 17.7 Å². The molecule has 2 aromatic carbocycles. The quantitative estimate of drug-likeness (QED) is 0.303. The van der Waals surface area contributed by atoms with Crippen LogP contribution in [0.4, 0.5) is 11.4 Å². The summed E-state index contributed by atoms with van der Waals surface area (Å²) < 4.78 is 9.98. The van der Waals surface area contributed by atoms with Gasteiger partial charge in [-0.3, -0.25) is 14.9 Å². The predicted octanol–water partition coefficient (Wildman–Crippen LogP) is 3.55. The summed E-state index contributed by atoms with van der Waals surface area (Å²) in [6, 6.07) is 8.06. The molecule has 0 saturated heterocycles. The van der Waals surface area contributed by atoms with Crippen LogP contribution in [0.15, 0.2) is 42.5 Å². The van der Waals surface area contributed by atoms with Crippen molar-refractivity contribution in [2.45, 2.75) is 13.0 Å². The van der Waals surface area contributed by atoms with Gasteiger partial charge in [-0.05, 0) is 36.8 Å². The maximum atomic E-state index is 12.2. The molecule has 2 N–H and O–H groups in total. The zero-order chi connectivity index (χ0) is 21.6. The van der Waals surface area contributed by atoms with Gasteiger partial charge in [-0.15, -0.1) is 0 Å². The lowest BCUT2D eigenvalue weighted by molar-refractivity contribution is -0.384. The van der Waals surface area contributed by atoms with Crippen LogP contribution < -0.4 is 10.1 Å². The van der Waals surface area contributed by atoms with Crippen molar-refractivity contribution in [1.82, 2.24) is 0 Å². The number of anilines is 1. The summed E-state index contributed by atoms with van der Waals surface area (Å²) in [5.74, 6) is -1.30. The van der Waals surface area contributed by atoms with Crippen LogP contribution in [0.25, 0.3) is 6.08 Å². The summed E-state index contributed by atoms with van der Waals surface area (Å²) in [5.41, 5.74) is 0.346. The summed E-state index contributed by atoms with van der Waals surface area (Å²) in [4.78, 5) is 34.3. The van der Waals surface area contributed by atoms with Crippen LogP contribution in [-0.2, 0) is 14.3 Å². The van der Waals surface area contributed by atoms with E-state index >= 15 is 0 Å². The molecule has 0 aliphatic rings. The van der Waals surface area contributed by atoms with E-state index in [0.29, 0.717) is 5.56 Å². The Bertz CT molecular complexity index is 975. The van der Waals surface area contributed by atoms with Crippen LogP contribution in [0.1, 0.15) is 12.5 Å². The fourth-order valence-electron chi connectivity index (χ4n) is 2.19. The van der Waals surface area contributed by atoms with Crippen molar-refractivity contribution in [3.63, 3.8) is 0 Å². The number of carbonyl (C=O) groups is 2. The van der Waals surface area contributed by atoms with Gasteiger partial charge < -0.3 is 19.9 Å². The molecule has 0 aliphatic heterocycles. The number of carbonyl (C=O) groups excluding carboxylic acids is 2. The number of rotatable bonds is 7. The van der Waals surface area contributed by atoms with Gasteiger partial charge in [0, 0.05) is 18.2 Å². The lowest BCUT2D eigenvalue weighted by Gasteiger charge is -2.13. The van der Waals surface area contributed by atoms with E-state index in [0.717, 1.165) is 12.1 Å². The number of nitro groups is 1. The number of nitrogens with one attached hydrogen (secondary N) is 1. The third-order valence-electron chi connectivity index (χ3n) is 3.70. The Balaban J connectivity index is 1.99. The lowest BCUT2D eigenvalue weighted by Crippen LogP contribution is -2.29. The monoisotopic (exact) mass is 420 g/mol. The van der Waals surface area contributed by atoms with Crippen molar-refractivity contribution < 1.29 is 29.1 Å². The third-order valence-corrected chi connectivity index (χ3v) is 4.03. The number of halogens is 1. The normalized spacial score (nSPS) is 11.7. The van der Waals surface area contributed by atoms with Gasteiger partial charge in [0.2, 0.25) is 0 Å². The Kier molecular flexibility index (Phi) is 7.15. The minimum absolute atomic E-state index is 0.0282. The SMILES string of the molecule is COc1cc(/C=C/C(=O)OC(C)C(=O)Nc2cc([N+](=O)[O-])ccc2Cl)ccc1O. The van der Waals surface area contributed by atoms with Crippen molar-refractivity contribution in [1.29, 1.82) is 0 Å². The average molecular weight is 421 g/mol. The van der Waals surface area contributed by atoms with E-state index in [4.69, 9.17) is 21.1 Å². The highest BCUT2D eigenvalue weighted by Crippen LogP contribution is 2.27. The lowest BCUT2D eigenvalue weighted by atomic mass is 10.2. The van der Waals surface area contributed by atoms with Crippen molar-refractivity contribution in [2.75, 3.05) is 12.4 Å². The number of aromatic hydroxyl groups is 1. The summed E-state index contributed by atoms with van der Waals surface area (Å²) in [7, 11) is 1.39. The summed E-state index contributed by atoms with van der Waals surface area (Å²) in [6.07, 6.45) is 1.35. The number of phenolic OH excluding ortho intramolecular Hbond substituents is 1. The molecule has 10 heteroatoms. The number of amides is 1. The van der Waals surface area contributed by atoms with Crippen LogP contribution >= 0.6 is 11.6 Å². The summed E-state index contributed by atoms with van der Waals surface area (Å²) in [6.45, 7) is 1.34. The van der Waals surface area contributed by atoms with Gasteiger partial charge in [0.25, 0.3) is 11.6 Å². The molecule has 0 radical (unpaired) electrons. The molecule has 9 nitrogen and oxygen atoms in total. The second kappa shape index (κ2) is 9.56. The van der Waals surface area contributed by atoms with E-state index in [1.165, 1.54) is 44.4 Å². The maximum absolute atomic E-state index is 12.2. The summed E-state index contributed by atoms with van der Waals surface area (Å²) >= 11 is 5.92. The molecule has 0 heterocycles. The molecule has 1 amide bonds. The van der Waals surface area contributed by atoms with E-state index in [9.17, 15) is 24.8 Å². The van der Waals surface area contributed by atoms with Gasteiger partial charge in [0.05, 0.1) is 22.7 Å². The van der Waals surface area contributed by atoms with Crippen molar-refractivity contribution in [2.24, 2.45) is 0 Å². The molecule has 0 fully saturated rings. The van der Waals surface area contributed by atoms with Gasteiger partial charge in [0.15, 0.2) is 17.6 Å². The molecule has 0 saturated carbocycles. The first kappa shape index (κ1) is 21.7. The average Bonchev–Trinajstić information content (AvgIpc) is 2.68. The number of phenols is 1. The molecule has 0 aromatic heterocycles. The Morgan fingerprint density at radius 2 is 2.00 bits per heavy atom. The number of hydrogen-bond donors (Lipinski definition) is 2. The Morgan fingerprint density at radius 1 is 1.28 bits per heavy atom. The van der Waals surface area contributed by atoms with Crippen LogP contribution in [0.5, 0.6) is 11.5 Å². The number of methoxy groups -OCH3 is 1. The minimum atomic E-state index is -1.18. The molecule has 2 aromatic rings. The smallest absolute Gasteiger partial charge is 0.331 e. The minimum Gasteiger partial charge on any atom is -0.504 e. The zero-order valence-electron chi connectivity index (χ0n) is 15.4. The Morgan fingerprint density at radius 3 is 2.66 bits per heavy atom. The second-order valence-corrected chi connectivity index (χ2v) is 6.16. The molecule has 152 valence electrons. The summed E-state index contributed by atoms with van der Waals surface area (Å²) in [5, 5.41) is 22.9. The van der Waals surface area contributed by atoms with Crippen molar-refractivity contribution >= 4 is 40.9 Å². The van der Waals surface area contributed by atoms with E-state index in [2.05, 4.69) is 5.32 Å². The topological polar surface area (TPSA) is 128 Å². The first-order valence-corrected chi connectivity index (χ1v) is 8.59. The first-order valence-electron chi connectivity index (χ1n) is 8.21. The molecule has 0 spiro atoms. The molecule has 1 unspecified atom stereocenters. The van der Waals surface area contributed by atoms with E-state index in [1.807, 2.05) is 0 Å². The molecule has 0 bridgehead atoms. The fraction of sp³-hybridized carbons (Fsp3) is 0.158. The number of ether oxygens (including phenoxy) is 2. The fourth-order valence-corrected chi connectivity index (χ4v) is 2.35. The number of hydrogen-bond acceptors (Lipinski definition) is 7. The molecule has 1 atom stereocenters. The number of non-ortho nitro benzene ring substituents is 1. The molecule has 0 aliphatic carbocycles. The van der Waals surface area contributed by atoms with Gasteiger partial charge in [0.1, 0.15) is 0 Å². The number of esters is 1. The molecule has 2 rings (SSSR count). The Hall–Kier alpha value is -3.59. The highest BCUT2D eigenvalue weighted by atomic mass is 35.5. The van der Waals surface area contributed by atoms with Gasteiger partial charge in [-0.25, -0.2) is 4.79 Å². The number of benzene rings is 2. The third kappa shape index (κ3) is 5.94. The van der Waals surface area contributed by atoms with Crippen molar-refractivity contribution in [3.8, 4) is 11.5 Å². The number of nitrogens with zero attached hydrogens (tertiary/aromatic N) is 1. The predicted molar refractivity (Wildman–Crippen MR) is 106 cm³/mol. The van der Waals surface area contributed by atoms with Crippen molar-refractivity contribution in [3.05, 3.63) is 63.2 Å². The van der Waals surface area contributed by atoms with Gasteiger partial charge >= 0.3 is 5.97 Å². The second-order valence-electron chi connectivity index (χ2n) is 5.75. The maximum Gasteiger partial charge on any atom is 0.331 e. The first-order chi connectivity index (χ1) is 13.7. The molecular weight excluding hydrogens is 404 g/mol. The van der Waals surface area contributed by atoms with Gasteiger partial charge in [-0.2, -0.15) is 0 Å². The van der Waals surface area contributed by atoms with Crippen LogP contribution in [0.3, 0.4) is 0 Å². The molecule has 29 heavy (non-hydrogen) atoms. The standard InChI is InChI=1S/C19H17ClN2O7/c1-11(19(25)21-15-10-13(22(26)27)5-6-14(15)20)29-18(24)8-4-12-3-7-16(23)17(9-12)28-2/h3-11,23H,1-2H3,(H,21,25)/b8-4+. The van der Waals surface area contributed by atoms with E-state index in [-0.39, 0.29) is 27.9 Å². The molecular formula is C19H17ClN2O7. The van der Waals surface area contributed by atoms with Crippen LogP contribution in [0.2, 0.25) is 5.02 Å². The zero-order valence-corrected chi connectivity index (χ0v) is 16.2. The Labute approximate surface area is 170 Å². The van der Waals surface area contributed by atoms with E-state index < -0.39 is 22.9 Å².